The van der Waals surface area contributed by atoms with Gasteiger partial charge in [0.1, 0.15) is 31.8 Å². The Morgan fingerprint density at radius 2 is 0.419 bits per heavy atom. The second kappa shape index (κ2) is 17.7. The van der Waals surface area contributed by atoms with Gasteiger partial charge in [0.25, 0.3) is 0 Å². The average Bonchev–Trinajstić information content (AvgIpc) is 3.04. The fraction of sp³-hybridized carbons (Fsp3) is 0. The van der Waals surface area contributed by atoms with Gasteiger partial charge >= 0.3 is 44.9 Å². The van der Waals surface area contributed by atoms with Crippen LogP contribution in [0.2, 0.25) is 0 Å². The summed E-state index contributed by atoms with van der Waals surface area (Å²) in [5.74, 6) is 0. The molecule has 0 fully saturated rings. The molecule has 1 N–H and O–H groups in total. The van der Waals surface area contributed by atoms with Gasteiger partial charge in [-0.3, -0.25) is 0 Å². The van der Waals surface area contributed by atoms with Crippen LogP contribution in [0.5, 0.6) is 0 Å². The summed E-state index contributed by atoms with van der Waals surface area (Å²) in [6, 6.07) is 65.0. The van der Waals surface area contributed by atoms with Crippen LogP contribution in [-0.2, 0) is 12.3 Å². The molecule has 0 aliphatic rings. The zero-order valence-electron chi connectivity index (χ0n) is 23.3. The zero-order valence-corrected chi connectivity index (χ0v) is 30.3. The van der Waals surface area contributed by atoms with Crippen molar-refractivity contribution in [3.05, 3.63) is 182 Å². The van der Waals surface area contributed by atoms with Crippen LogP contribution in [0.25, 0.3) is 0 Å². The smallest absolute Gasteiger partial charge is 0.0620 e. The number of rotatable bonds is 6. The van der Waals surface area contributed by atoms with Crippen molar-refractivity contribution in [3.63, 3.8) is 0 Å². The summed E-state index contributed by atoms with van der Waals surface area (Å²) < 4.78 is 6.44. The molecule has 218 valence electrons. The van der Waals surface area contributed by atoms with Crippen molar-refractivity contribution in [1.82, 2.24) is 0 Å². The molecular weight excluding hydrogens is 801 g/mol. The first-order valence-corrected chi connectivity index (χ1v) is 28.0. The maximum absolute atomic E-state index is 6.44. The summed E-state index contributed by atoms with van der Waals surface area (Å²) in [7, 11) is 13.0. The molecule has 1 nitrogen and oxygen atoms in total. The molecule has 0 saturated carbocycles. The fourth-order valence-electron chi connectivity index (χ4n) is 4.63. The Bertz CT molecular complexity index is 1340. The van der Waals surface area contributed by atoms with E-state index in [1.165, 1.54) is 31.8 Å². The normalized spacial score (nSPS) is 11.1. The SMILES string of the molecule is [NH]=[Re]([Cl])([Cl])[Cl].c1ccc([PH+](c2ccccc2)c2ccccc2)cc1.c1ccc([PH+](c2ccccc2)c2ccccc2)cc1. The molecular formula is C36H33Cl3NP2Re+2. The predicted octanol–water partition coefficient (Wildman–Crippen LogP) is 8.72. The molecule has 0 unspecified atom stereocenters. The number of benzene rings is 6. The first-order valence-electron chi connectivity index (χ1n) is 13.6. The molecule has 7 heteroatoms. The van der Waals surface area contributed by atoms with Gasteiger partial charge in [-0.25, -0.2) is 0 Å². The third-order valence-corrected chi connectivity index (χ3v) is 11.8. The van der Waals surface area contributed by atoms with Crippen LogP contribution in [0, 0.1) is 3.99 Å². The van der Waals surface area contributed by atoms with E-state index in [0.29, 0.717) is 0 Å². The topological polar surface area (TPSA) is 23.9 Å². The second-order valence-corrected chi connectivity index (χ2v) is 31.1. The molecule has 0 saturated heterocycles. The molecule has 0 aromatic heterocycles. The van der Waals surface area contributed by atoms with E-state index in [2.05, 4.69) is 182 Å². The Morgan fingerprint density at radius 1 is 0.302 bits per heavy atom. The van der Waals surface area contributed by atoms with Crippen molar-refractivity contribution < 1.29 is 12.3 Å². The Kier molecular flexibility index (Phi) is 13.8. The standard InChI is InChI=1S/2C18H15P.3ClH.HN.Re/c2*1-4-10-16(11-5-1)19(17-12-6-2-7-13-17)18-14-8-3-9-15-18;;;;;/h2*1-15H;4*1H;/q;;;;;;+3/p-1. The summed E-state index contributed by atoms with van der Waals surface area (Å²) in [6.07, 6.45) is 0. The van der Waals surface area contributed by atoms with E-state index in [-0.39, 0.29) is 0 Å². The van der Waals surface area contributed by atoms with E-state index < -0.39 is 28.1 Å². The number of hydrogen-bond donors (Lipinski definition) is 1. The van der Waals surface area contributed by atoms with E-state index in [4.69, 9.17) is 32.6 Å². The van der Waals surface area contributed by atoms with Gasteiger partial charge in [0.2, 0.25) is 0 Å². The number of hydrogen-bond acceptors (Lipinski definition) is 1. The molecule has 0 aliphatic carbocycles. The molecule has 0 spiro atoms. The van der Waals surface area contributed by atoms with Gasteiger partial charge in [-0.2, -0.15) is 0 Å². The van der Waals surface area contributed by atoms with Gasteiger partial charge in [-0.1, -0.05) is 109 Å². The molecule has 0 radical (unpaired) electrons. The maximum atomic E-state index is 6.44. The third-order valence-electron chi connectivity index (χ3n) is 6.37. The summed E-state index contributed by atoms with van der Waals surface area (Å²) in [4.78, 5) is 0. The molecule has 6 aromatic rings. The summed E-state index contributed by atoms with van der Waals surface area (Å²) in [6.45, 7) is 0. The van der Waals surface area contributed by atoms with Crippen molar-refractivity contribution in [2.24, 2.45) is 0 Å². The first-order chi connectivity index (χ1) is 20.9. The van der Waals surface area contributed by atoms with Gasteiger partial charge in [0.05, 0.1) is 15.8 Å². The van der Waals surface area contributed by atoms with Crippen molar-refractivity contribution in [2.75, 3.05) is 0 Å². The zero-order chi connectivity index (χ0) is 30.3. The van der Waals surface area contributed by atoms with Crippen LogP contribution in [0.4, 0.5) is 0 Å². The quantitative estimate of drug-likeness (QED) is 0.163. The second-order valence-electron chi connectivity index (χ2n) is 9.32. The van der Waals surface area contributed by atoms with Crippen molar-refractivity contribution >= 4 is 76.3 Å². The van der Waals surface area contributed by atoms with Crippen molar-refractivity contribution in [2.45, 2.75) is 0 Å². The molecule has 0 aliphatic heterocycles. The monoisotopic (exact) mass is 833 g/mol. The minimum absolute atomic E-state index is 0.877. The predicted molar refractivity (Wildman–Crippen MR) is 193 cm³/mol. The summed E-state index contributed by atoms with van der Waals surface area (Å²) in [5.41, 5.74) is 0. The van der Waals surface area contributed by atoms with Crippen LogP contribution < -0.4 is 31.8 Å². The van der Waals surface area contributed by atoms with E-state index in [1.54, 1.807) is 0 Å². The van der Waals surface area contributed by atoms with Gasteiger partial charge < -0.3 is 0 Å². The fourth-order valence-corrected chi connectivity index (χ4v) is 9.78. The maximum Gasteiger partial charge on any atom is 0.102 e. The Hall–Kier alpha value is -2.49. The van der Waals surface area contributed by atoms with E-state index >= 15 is 0 Å². The molecule has 6 aromatic carbocycles. The Balaban J connectivity index is 0.000000171. The van der Waals surface area contributed by atoms with Crippen molar-refractivity contribution in [1.29, 1.82) is 3.99 Å². The van der Waals surface area contributed by atoms with E-state index in [0.717, 1.165) is 0 Å². The van der Waals surface area contributed by atoms with Gasteiger partial charge in [0, 0.05) is 0 Å². The van der Waals surface area contributed by atoms with E-state index in [1.807, 2.05) is 0 Å². The van der Waals surface area contributed by atoms with Crippen LogP contribution >= 0.6 is 44.4 Å². The van der Waals surface area contributed by atoms with Crippen LogP contribution in [0.3, 0.4) is 0 Å². The van der Waals surface area contributed by atoms with Gasteiger partial charge in [-0.05, 0) is 72.8 Å². The Morgan fingerprint density at radius 3 is 0.535 bits per heavy atom. The molecule has 0 amide bonds. The van der Waals surface area contributed by atoms with Gasteiger partial charge in [0.15, 0.2) is 0 Å². The first kappa shape index (κ1) is 33.4. The van der Waals surface area contributed by atoms with Gasteiger partial charge in [-0.15, -0.1) is 0 Å². The van der Waals surface area contributed by atoms with Crippen LogP contribution in [0.1, 0.15) is 0 Å². The minimum atomic E-state index is -3.44. The summed E-state index contributed by atoms with van der Waals surface area (Å²) >= 11 is -3.44. The number of halogens is 3. The molecule has 0 atom stereocenters. The van der Waals surface area contributed by atoms with E-state index in [9.17, 15) is 0 Å². The largest absolute Gasteiger partial charge is 0.102 e. The minimum Gasteiger partial charge on any atom is -0.0620 e. The van der Waals surface area contributed by atoms with Crippen molar-refractivity contribution in [3.8, 4) is 0 Å². The third kappa shape index (κ3) is 11.5. The molecule has 0 bridgehead atoms. The number of nitrogens with one attached hydrogen (secondary N) is 1. The van der Waals surface area contributed by atoms with Crippen LogP contribution in [0.15, 0.2) is 182 Å². The molecule has 0 heterocycles. The van der Waals surface area contributed by atoms with Crippen LogP contribution in [-0.4, -0.2) is 0 Å². The molecule has 6 rings (SSSR count). The average molecular weight is 834 g/mol. The molecule has 43 heavy (non-hydrogen) atoms. The Labute approximate surface area is 272 Å². The summed E-state index contributed by atoms with van der Waals surface area (Å²) in [5, 5.41) is 8.61.